The van der Waals surface area contributed by atoms with Crippen molar-refractivity contribution in [1.82, 2.24) is 5.01 Å². The first kappa shape index (κ1) is 17.3. The molecule has 1 saturated heterocycles. The van der Waals surface area contributed by atoms with Crippen LogP contribution in [0.4, 0.5) is 0 Å². The van der Waals surface area contributed by atoms with Crippen LogP contribution in [0.2, 0.25) is 0 Å². The van der Waals surface area contributed by atoms with Gasteiger partial charge in [-0.2, -0.15) is 10.1 Å². The number of hydrogen-bond acceptors (Lipinski definition) is 5. The Kier molecular flexibility index (Phi) is 4.34. The molecule has 0 spiro atoms. The molecule has 4 rings (SSSR count). The van der Waals surface area contributed by atoms with Gasteiger partial charge in [-0.1, -0.05) is 12.2 Å². The van der Waals surface area contributed by atoms with Crippen LogP contribution >= 0.6 is 15.9 Å². The second-order valence-corrected chi connectivity index (χ2v) is 7.54. The molecule has 136 valence electrons. The Bertz CT molecular complexity index is 805. The van der Waals surface area contributed by atoms with Crippen molar-refractivity contribution in [3.63, 3.8) is 0 Å². The van der Waals surface area contributed by atoms with E-state index >= 15 is 0 Å². The Morgan fingerprint density at radius 2 is 1.85 bits per heavy atom. The van der Waals surface area contributed by atoms with Gasteiger partial charge in [-0.25, -0.2) is 0 Å². The Hall–Kier alpha value is -2.15. The lowest BCUT2D eigenvalue weighted by atomic mass is 9.85. The Morgan fingerprint density at radius 1 is 1.19 bits per heavy atom. The first-order valence-corrected chi connectivity index (χ1v) is 9.45. The molecule has 0 radical (unpaired) electrons. The zero-order valence-electron chi connectivity index (χ0n) is 14.5. The topological polar surface area (TPSA) is 68.2 Å². The van der Waals surface area contributed by atoms with Crippen molar-refractivity contribution in [3.8, 4) is 11.5 Å². The number of imide groups is 1. The van der Waals surface area contributed by atoms with Gasteiger partial charge < -0.3 is 9.47 Å². The molecule has 7 heteroatoms. The number of methoxy groups -OCH3 is 1. The van der Waals surface area contributed by atoms with Gasteiger partial charge in [0.2, 0.25) is 0 Å². The lowest BCUT2D eigenvalue weighted by Crippen LogP contribution is -2.28. The van der Waals surface area contributed by atoms with Crippen molar-refractivity contribution in [2.45, 2.75) is 13.3 Å². The number of carbonyl (C=O) groups is 2. The normalized spacial score (nSPS) is 29.1. The second-order valence-electron chi connectivity index (χ2n) is 6.69. The molecule has 2 fully saturated rings. The zero-order chi connectivity index (χ0) is 18.4. The van der Waals surface area contributed by atoms with Gasteiger partial charge in [0.25, 0.3) is 11.8 Å². The van der Waals surface area contributed by atoms with Gasteiger partial charge in [0.15, 0.2) is 11.5 Å². The molecule has 0 unspecified atom stereocenters. The number of amides is 2. The maximum absolute atomic E-state index is 12.7. The van der Waals surface area contributed by atoms with E-state index in [1.807, 2.05) is 6.92 Å². The van der Waals surface area contributed by atoms with Gasteiger partial charge >= 0.3 is 0 Å². The summed E-state index contributed by atoms with van der Waals surface area (Å²) in [5, 5.41) is 5.24. The predicted octanol–water partition coefficient (Wildman–Crippen LogP) is 3.00. The summed E-state index contributed by atoms with van der Waals surface area (Å²) in [5.41, 5.74) is 0.698. The smallest absolute Gasteiger partial charge is 0.254 e. The fourth-order valence-corrected chi connectivity index (χ4v) is 4.62. The quantitative estimate of drug-likeness (QED) is 0.418. The minimum absolute atomic E-state index is 0.180. The predicted molar refractivity (Wildman–Crippen MR) is 99.0 cm³/mol. The number of allylic oxidation sites excluding steroid dienone is 2. The Labute approximate surface area is 160 Å². The lowest BCUT2D eigenvalue weighted by molar-refractivity contribution is -0.140. The maximum Gasteiger partial charge on any atom is 0.254 e. The van der Waals surface area contributed by atoms with Crippen LogP contribution in [0, 0.1) is 23.7 Å². The van der Waals surface area contributed by atoms with Crippen LogP contribution in [0.5, 0.6) is 11.5 Å². The molecule has 1 saturated carbocycles. The number of fused-ring (bicyclic) bond motifs is 5. The summed E-state index contributed by atoms with van der Waals surface area (Å²) in [4.78, 5) is 25.3. The molecule has 1 aliphatic heterocycles. The largest absolute Gasteiger partial charge is 0.493 e. The summed E-state index contributed by atoms with van der Waals surface area (Å²) < 4.78 is 11.6. The zero-order valence-corrected chi connectivity index (χ0v) is 16.1. The molecule has 2 aliphatic carbocycles. The van der Waals surface area contributed by atoms with Crippen LogP contribution < -0.4 is 9.47 Å². The van der Waals surface area contributed by atoms with E-state index in [0.717, 1.165) is 15.9 Å². The van der Waals surface area contributed by atoms with E-state index in [1.54, 1.807) is 19.2 Å². The molecule has 6 nitrogen and oxygen atoms in total. The van der Waals surface area contributed by atoms with E-state index in [-0.39, 0.29) is 35.5 Å². The number of rotatable bonds is 5. The molecule has 1 aromatic rings. The summed E-state index contributed by atoms with van der Waals surface area (Å²) in [6.07, 6.45) is 6.55. The molecular formula is C19H19BrN2O4. The van der Waals surface area contributed by atoms with Gasteiger partial charge in [-0.05, 0) is 53.2 Å². The van der Waals surface area contributed by atoms with Gasteiger partial charge in [-0.3, -0.25) is 9.59 Å². The average Bonchev–Trinajstić information content (AvgIpc) is 3.30. The highest BCUT2D eigenvalue weighted by molar-refractivity contribution is 9.10. The van der Waals surface area contributed by atoms with E-state index in [1.165, 1.54) is 6.21 Å². The molecular weight excluding hydrogens is 400 g/mol. The molecule has 2 bridgehead atoms. The highest BCUT2D eigenvalue weighted by Crippen LogP contribution is 2.52. The number of hydrazone groups is 1. The van der Waals surface area contributed by atoms with Gasteiger partial charge in [0, 0.05) is 10.0 Å². The number of nitrogens with zero attached hydrogens (tertiary/aromatic N) is 2. The molecule has 0 aromatic heterocycles. The third-order valence-electron chi connectivity index (χ3n) is 5.34. The van der Waals surface area contributed by atoms with E-state index in [2.05, 4.69) is 33.2 Å². The highest BCUT2D eigenvalue weighted by Gasteiger charge is 2.59. The van der Waals surface area contributed by atoms with Crippen molar-refractivity contribution >= 4 is 34.0 Å². The molecule has 2 amide bonds. The molecule has 4 atom stereocenters. The van der Waals surface area contributed by atoms with Crippen molar-refractivity contribution in [1.29, 1.82) is 0 Å². The SMILES string of the molecule is CCOc1cc(Br)c(C=NN2C(=O)[C@@H]3[C@H](C2=O)[C@H]2C=C[C@H]3C2)cc1OC. The van der Waals surface area contributed by atoms with Crippen LogP contribution in [0.15, 0.2) is 33.9 Å². The first-order valence-electron chi connectivity index (χ1n) is 8.65. The van der Waals surface area contributed by atoms with E-state index in [4.69, 9.17) is 9.47 Å². The first-order chi connectivity index (χ1) is 12.5. The van der Waals surface area contributed by atoms with Gasteiger partial charge in [0.05, 0.1) is 31.8 Å². The fraction of sp³-hybridized carbons (Fsp3) is 0.421. The molecule has 1 aromatic carbocycles. The number of hydrogen-bond donors (Lipinski definition) is 0. The summed E-state index contributed by atoms with van der Waals surface area (Å²) >= 11 is 3.47. The third-order valence-corrected chi connectivity index (χ3v) is 6.03. The van der Waals surface area contributed by atoms with Crippen LogP contribution in [-0.4, -0.2) is 36.8 Å². The summed E-state index contributed by atoms with van der Waals surface area (Å²) in [6, 6.07) is 3.55. The number of ether oxygens (including phenoxy) is 2. The maximum atomic E-state index is 12.7. The van der Waals surface area contributed by atoms with Gasteiger partial charge in [-0.15, -0.1) is 0 Å². The number of halogens is 1. The molecule has 1 heterocycles. The van der Waals surface area contributed by atoms with E-state index in [9.17, 15) is 9.59 Å². The molecule has 3 aliphatic rings. The minimum atomic E-state index is -0.243. The highest BCUT2D eigenvalue weighted by atomic mass is 79.9. The van der Waals surface area contributed by atoms with Gasteiger partial charge in [0.1, 0.15) is 0 Å². The van der Waals surface area contributed by atoms with Crippen LogP contribution in [0.3, 0.4) is 0 Å². The van der Waals surface area contributed by atoms with Crippen LogP contribution in [0.25, 0.3) is 0 Å². The Morgan fingerprint density at radius 3 is 2.42 bits per heavy atom. The van der Waals surface area contributed by atoms with E-state index < -0.39 is 0 Å². The minimum Gasteiger partial charge on any atom is -0.493 e. The summed E-state index contributed by atoms with van der Waals surface area (Å²) in [5.74, 6) is 0.669. The Balaban J connectivity index is 1.59. The standard InChI is InChI=1S/C19H19BrN2O4/c1-3-26-15-8-13(20)12(7-14(15)25-2)9-21-22-18(23)16-10-4-5-11(6-10)17(16)19(22)24/h4-5,7-11,16-17H,3,6H2,1-2H3/t10-,11-,16-,17+/m0/s1. The average molecular weight is 419 g/mol. The third kappa shape index (κ3) is 2.57. The lowest BCUT2D eigenvalue weighted by Gasteiger charge is -2.13. The molecule has 26 heavy (non-hydrogen) atoms. The van der Waals surface area contributed by atoms with Crippen molar-refractivity contribution < 1.29 is 19.1 Å². The number of carbonyl (C=O) groups excluding carboxylic acids is 2. The van der Waals surface area contributed by atoms with Crippen molar-refractivity contribution in [2.75, 3.05) is 13.7 Å². The summed E-state index contributed by atoms with van der Waals surface area (Å²) in [6.45, 7) is 2.42. The molecule has 0 N–H and O–H groups in total. The van der Waals surface area contributed by atoms with Crippen molar-refractivity contribution in [3.05, 3.63) is 34.3 Å². The monoisotopic (exact) mass is 418 g/mol. The van der Waals surface area contributed by atoms with E-state index in [0.29, 0.717) is 23.7 Å². The fourth-order valence-electron chi connectivity index (χ4n) is 4.20. The van der Waals surface area contributed by atoms with Crippen molar-refractivity contribution in [2.24, 2.45) is 28.8 Å². The van der Waals surface area contributed by atoms with Crippen LogP contribution in [0.1, 0.15) is 18.9 Å². The number of benzene rings is 1. The second kappa shape index (κ2) is 6.54. The summed E-state index contributed by atoms with van der Waals surface area (Å²) in [7, 11) is 1.56. The van der Waals surface area contributed by atoms with Crippen LogP contribution in [-0.2, 0) is 9.59 Å².